The molecule has 1 amide bonds. The summed E-state index contributed by atoms with van der Waals surface area (Å²) in [4.78, 5) is 11.7. The summed E-state index contributed by atoms with van der Waals surface area (Å²) in [6, 6.07) is 7.48. The topological polar surface area (TPSA) is 29.1 Å². The number of amides is 1. The van der Waals surface area contributed by atoms with E-state index in [2.05, 4.69) is 5.32 Å². The lowest BCUT2D eigenvalue weighted by molar-refractivity contribution is 0.0917. The Morgan fingerprint density at radius 1 is 1.36 bits per heavy atom. The van der Waals surface area contributed by atoms with Crippen LogP contribution in [0.4, 0.5) is 0 Å². The molecule has 1 aromatic carbocycles. The highest BCUT2D eigenvalue weighted by Gasteiger charge is 2.20. The van der Waals surface area contributed by atoms with E-state index in [9.17, 15) is 4.79 Å². The van der Waals surface area contributed by atoms with Crippen molar-refractivity contribution in [1.82, 2.24) is 5.32 Å². The molecule has 1 aliphatic carbocycles. The summed E-state index contributed by atoms with van der Waals surface area (Å²) >= 11 is 5.90. The normalized spacial score (nSPS) is 16.1. The van der Waals surface area contributed by atoms with Gasteiger partial charge in [0.25, 0.3) is 5.91 Å². The van der Waals surface area contributed by atoms with Crippen LogP contribution in [0.15, 0.2) is 24.3 Å². The first-order chi connectivity index (χ1) is 6.77. The number of halogens is 1. The van der Waals surface area contributed by atoms with E-state index < -0.39 is 0 Å². The predicted molar refractivity (Wildman–Crippen MR) is 56.6 cm³/mol. The van der Waals surface area contributed by atoms with Crippen LogP contribution in [0.3, 0.4) is 0 Å². The highest BCUT2D eigenvalue weighted by atomic mass is 35.5. The van der Waals surface area contributed by atoms with Crippen LogP contribution in [0.25, 0.3) is 0 Å². The second-order valence-corrected chi connectivity index (χ2v) is 3.99. The number of carbonyl (C=O) groups excluding carboxylic acids is 1. The molecule has 0 aromatic heterocycles. The van der Waals surface area contributed by atoms with Crippen molar-refractivity contribution in [2.24, 2.45) is 0 Å². The molecule has 1 fully saturated rings. The van der Waals surface area contributed by atoms with E-state index in [1.54, 1.807) is 12.1 Å². The quantitative estimate of drug-likeness (QED) is 0.797. The minimum absolute atomic E-state index is 0.0553. The molecule has 0 unspecified atom stereocenters. The van der Waals surface area contributed by atoms with Gasteiger partial charge in [-0.1, -0.05) is 23.7 Å². The van der Waals surface area contributed by atoms with Gasteiger partial charge >= 0.3 is 0 Å². The fourth-order valence-electron chi connectivity index (χ4n) is 1.46. The first-order valence-corrected chi connectivity index (χ1v) is 5.20. The first kappa shape index (κ1) is 9.53. The molecule has 0 heterocycles. The van der Waals surface area contributed by atoms with Gasteiger partial charge in [-0.25, -0.2) is 0 Å². The Bertz CT molecular complexity index is 347. The molecule has 0 saturated heterocycles. The second-order valence-electron chi connectivity index (χ2n) is 3.58. The van der Waals surface area contributed by atoms with Crippen molar-refractivity contribution in [3.63, 3.8) is 0 Å². The molecule has 0 radical (unpaired) electrons. The van der Waals surface area contributed by atoms with Crippen molar-refractivity contribution in [2.75, 3.05) is 0 Å². The Labute approximate surface area is 88.3 Å². The first-order valence-electron chi connectivity index (χ1n) is 4.83. The van der Waals surface area contributed by atoms with Crippen LogP contribution in [0, 0.1) is 0 Å². The zero-order valence-electron chi connectivity index (χ0n) is 7.79. The number of hydrogen-bond donors (Lipinski definition) is 1. The van der Waals surface area contributed by atoms with Crippen LogP contribution in [-0.2, 0) is 0 Å². The van der Waals surface area contributed by atoms with Gasteiger partial charge < -0.3 is 5.32 Å². The highest BCUT2D eigenvalue weighted by Crippen LogP contribution is 2.20. The maximum atomic E-state index is 11.7. The third-order valence-corrected chi connectivity index (χ3v) is 2.89. The van der Waals surface area contributed by atoms with Crippen molar-refractivity contribution in [3.8, 4) is 0 Å². The van der Waals surface area contributed by atoms with Crippen molar-refractivity contribution < 1.29 is 4.79 Å². The Morgan fingerprint density at radius 3 is 2.64 bits per heavy atom. The third kappa shape index (κ3) is 1.90. The van der Waals surface area contributed by atoms with Crippen LogP contribution in [0.2, 0.25) is 5.02 Å². The van der Waals surface area contributed by atoms with Crippen molar-refractivity contribution in [3.05, 3.63) is 34.9 Å². The van der Waals surface area contributed by atoms with E-state index in [0.29, 0.717) is 16.6 Å². The molecule has 0 spiro atoms. The summed E-state index contributed by atoms with van der Waals surface area (Å²) in [5, 5.41) is 3.47. The zero-order valence-corrected chi connectivity index (χ0v) is 8.55. The van der Waals surface area contributed by atoms with Gasteiger partial charge in [0.1, 0.15) is 0 Å². The van der Waals surface area contributed by atoms with Crippen molar-refractivity contribution in [2.45, 2.75) is 25.3 Å². The van der Waals surface area contributed by atoms with E-state index in [4.69, 9.17) is 11.6 Å². The van der Waals surface area contributed by atoms with Crippen LogP contribution in [-0.4, -0.2) is 11.9 Å². The van der Waals surface area contributed by atoms with Gasteiger partial charge in [0, 0.05) is 6.04 Å². The Balaban J connectivity index is 2.06. The average molecular weight is 210 g/mol. The van der Waals surface area contributed by atoms with Gasteiger partial charge in [-0.3, -0.25) is 4.79 Å². The Morgan fingerprint density at radius 2 is 2.07 bits per heavy atom. The molecule has 2 nitrogen and oxygen atoms in total. The molecular weight excluding hydrogens is 198 g/mol. The molecule has 3 heteroatoms. The van der Waals surface area contributed by atoms with Crippen molar-refractivity contribution >= 4 is 17.5 Å². The van der Waals surface area contributed by atoms with E-state index in [-0.39, 0.29) is 5.91 Å². The maximum Gasteiger partial charge on any atom is 0.253 e. The molecule has 0 atom stereocenters. The SMILES string of the molecule is O=C(NC1CCC1)c1ccccc1Cl. The molecule has 1 aliphatic rings. The zero-order chi connectivity index (χ0) is 9.97. The largest absolute Gasteiger partial charge is 0.349 e. The maximum absolute atomic E-state index is 11.7. The van der Waals surface area contributed by atoms with Crippen LogP contribution >= 0.6 is 11.6 Å². The van der Waals surface area contributed by atoms with Crippen LogP contribution < -0.4 is 5.32 Å². The summed E-state index contributed by atoms with van der Waals surface area (Å²) in [6.45, 7) is 0. The van der Waals surface area contributed by atoms with Gasteiger partial charge in [0.2, 0.25) is 0 Å². The number of nitrogens with one attached hydrogen (secondary N) is 1. The highest BCUT2D eigenvalue weighted by molar-refractivity contribution is 6.33. The third-order valence-electron chi connectivity index (χ3n) is 2.56. The number of carbonyl (C=O) groups is 1. The van der Waals surface area contributed by atoms with E-state index in [0.717, 1.165) is 12.8 Å². The van der Waals surface area contributed by atoms with Gasteiger partial charge in [-0.2, -0.15) is 0 Å². The van der Waals surface area contributed by atoms with E-state index in [1.165, 1.54) is 6.42 Å². The lowest BCUT2D eigenvalue weighted by Gasteiger charge is -2.26. The van der Waals surface area contributed by atoms with Crippen LogP contribution in [0.5, 0.6) is 0 Å². The van der Waals surface area contributed by atoms with Crippen LogP contribution in [0.1, 0.15) is 29.6 Å². The number of benzene rings is 1. The second kappa shape index (κ2) is 4.01. The molecule has 0 bridgehead atoms. The fourth-order valence-corrected chi connectivity index (χ4v) is 1.68. The molecule has 1 saturated carbocycles. The molecule has 1 aromatic rings. The Hall–Kier alpha value is -1.02. The summed E-state index contributed by atoms with van der Waals surface area (Å²) in [7, 11) is 0. The molecule has 1 N–H and O–H groups in total. The van der Waals surface area contributed by atoms with Gasteiger partial charge in [-0.05, 0) is 31.4 Å². The fraction of sp³-hybridized carbons (Fsp3) is 0.364. The lowest BCUT2D eigenvalue weighted by atomic mass is 9.93. The van der Waals surface area contributed by atoms with Crippen molar-refractivity contribution in [1.29, 1.82) is 0 Å². The summed E-state index contributed by atoms with van der Waals surface area (Å²) in [6.07, 6.45) is 3.40. The van der Waals surface area contributed by atoms with Gasteiger partial charge in [-0.15, -0.1) is 0 Å². The molecular formula is C11H12ClNO. The molecule has 74 valence electrons. The summed E-state index contributed by atoms with van der Waals surface area (Å²) < 4.78 is 0. The number of rotatable bonds is 2. The molecule has 2 rings (SSSR count). The average Bonchev–Trinajstić information content (AvgIpc) is 2.12. The molecule has 0 aliphatic heterocycles. The number of hydrogen-bond acceptors (Lipinski definition) is 1. The molecule has 14 heavy (non-hydrogen) atoms. The smallest absolute Gasteiger partial charge is 0.253 e. The summed E-state index contributed by atoms with van der Waals surface area (Å²) in [5.41, 5.74) is 0.570. The standard InChI is InChI=1S/C11H12ClNO/c12-10-7-2-1-6-9(10)11(14)13-8-4-3-5-8/h1-2,6-8H,3-5H2,(H,13,14). The predicted octanol–water partition coefficient (Wildman–Crippen LogP) is 2.62. The van der Waals surface area contributed by atoms with E-state index >= 15 is 0 Å². The minimum atomic E-state index is -0.0553. The monoisotopic (exact) mass is 209 g/mol. The van der Waals surface area contributed by atoms with Gasteiger partial charge in [0.05, 0.1) is 10.6 Å². The van der Waals surface area contributed by atoms with Gasteiger partial charge in [0.15, 0.2) is 0 Å². The lowest BCUT2D eigenvalue weighted by Crippen LogP contribution is -2.39. The summed E-state index contributed by atoms with van der Waals surface area (Å²) in [5.74, 6) is -0.0553. The Kier molecular flexibility index (Phi) is 2.73. The van der Waals surface area contributed by atoms with E-state index in [1.807, 2.05) is 12.1 Å². The minimum Gasteiger partial charge on any atom is -0.349 e.